The number of hydrogen-bond acceptors (Lipinski definition) is 2. The van der Waals surface area contributed by atoms with E-state index in [1.54, 1.807) is 6.07 Å². The molecule has 26 heavy (non-hydrogen) atoms. The maximum Gasteiger partial charge on any atom is 0.416 e. The lowest BCUT2D eigenvalue weighted by Gasteiger charge is -2.36. The molecule has 2 atom stereocenters. The highest BCUT2D eigenvalue weighted by Crippen LogP contribution is 2.41. The van der Waals surface area contributed by atoms with Crippen LogP contribution < -0.4 is 5.43 Å². The van der Waals surface area contributed by atoms with Gasteiger partial charge in [-0.2, -0.15) is 18.3 Å². The van der Waals surface area contributed by atoms with Crippen molar-refractivity contribution in [3.05, 3.63) is 59.2 Å². The summed E-state index contributed by atoms with van der Waals surface area (Å²) in [6, 6.07) is 5.25. The molecule has 1 aromatic carbocycles. The van der Waals surface area contributed by atoms with E-state index in [9.17, 15) is 13.2 Å². The van der Waals surface area contributed by atoms with E-state index >= 15 is 0 Å². The lowest BCUT2D eigenvalue weighted by atomic mass is 9.68. The van der Waals surface area contributed by atoms with E-state index in [2.05, 4.69) is 43.5 Å². The van der Waals surface area contributed by atoms with Crippen LogP contribution in [0.1, 0.15) is 57.2 Å². The number of hydrogen-bond donors (Lipinski definition) is 1. The molecule has 0 spiro atoms. The molecule has 1 aliphatic heterocycles. The minimum Gasteiger partial charge on any atom is -0.302 e. The molecule has 2 aliphatic rings. The van der Waals surface area contributed by atoms with Gasteiger partial charge in [0, 0.05) is 12.3 Å². The molecule has 0 fully saturated rings. The zero-order chi connectivity index (χ0) is 18.9. The van der Waals surface area contributed by atoms with Crippen molar-refractivity contribution in [2.45, 2.75) is 52.3 Å². The first-order valence-corrected chi connectivity index (χ1v) is 9.01. The second kappa shape index (κ2) is 6.93. The Morgan fingerprint density at radius 3 is 2.73 bits per heavy atom. The average Bonchev–Trinajstić information content (AvgIpc) is 3.02. The molecule has 0 saturated heterocycles. The fraction of sp³-hybridized carbons (Fsp3) is 0.476. The second-order valence-electron chi connectivity index (χ2n) is 7.92. The van der Waals surface area contributed by atoms with Crippen LogP contribution in [0.15, 0.2) is 53.2 Å². The van der Waals surface area contributed by atoms with Crippen molar-refractivity contribution in [1.82, 2.24) is 5.43 Å². The molecule has 1 aromatic rings. The number of nitrogens with one attached hydrogen (secondary N) is 1. The monoisotopic (exact) mass is 362 g/mol. The Balaban J connectivity index is 1.69. The molecule has 5 heteroatoms. The fourth-order valence-corrected chi connectivity index (χ4v) is 3.88. The third-order valence-corrected chi connectivity index (χ3v) is 5.46. The van der Waals surface area contributed by atoms with Crippen LogP contribution >= 0.6 is 0 Å². The molecule has 140 valence electrons. The second-order valence-corrected chi connectivity index (χ2v) is 7.92. The molecule has 0 amide bonds. The third-order valence-electron chi connectivity index (χ3n) is 5.46. The molecule has 0 aromatic heterocycles. The van der Waals surface area contributed by atoms with Crippen LogP contribution in [-0.4, -0.2) is 5.71 Å². The summed E-state index contributed by atoms with van der Waals surface area (Å²) in [5, 5.41) is 4.32. The number of benzene rings is 1. The van der Waals surface area contributed by atoms with Gasteiger partial charge >= 0.3 is 6.18 Å². The van der Waals surface area contributed by atoms with Gasteiger partial charge in [0.05, 0.1) is 17.3 Å². The Hall–Kier alpha value is -2.04. The van der Waals surface area contributed by atoms with Crippen LogP contribution in [0.5, 0.6) is 0 Å². The first-order valence-electron chi connectivity index (χ1n) is 9.01. The highest BCUT2D eigenvalue weighted by atomic mass is 19.4. The summed E-state index contributed by atoms with van der Waals surface area (Å²) in [6.45, 7) is 6.72. The Kier molecular flexibility index (Phi) is 5.00. The van der Waals surface area contributed by atoms with Crippen molar-refractivity contribution in [3.8, 4) is 0 Å². The van der Waals surface area contributed by atoms with E-state index in [0.717, 1.165) is 24.6 Å². The van der Waals surface area contributed by atoms with Crippen molar-refractivity contribution in [2.75, 3.05) is 0 Å². The minimum absolute atomic E-state index is 0.211. The Morgan fingerprint density at radius 2 is 2.04 bits per heavy atom. The number of nitrogens with zero attached hydrogens (tertiary/aromatic N) is 1. The van der Waals surface area contributed by atoms with E-state index in [0.29, 0.717) is 17.9 Å². The van der Waals surface area contributed by atoms with Crippen LogP contribution in [0.4, 0.5) is 13.2 Å². The largest absolute Gasteiger partial charge is 0.416 e. The predicted octanol–water partition coefficient (Wildman–Crippen LogP) is 6.03. The van der Waals surface area contributed by atoms with E-state index in [1.807, 2.05) is 6.08 Å². The summed E-state index contributed by atoms with van der Waals surface area (Å²) < 4.78 is 38.7. The summed E-state index contributed by atoms with van der Waals surface area (Å²) in [4.78, 5) is 0. The minimum atomic E-state index is -4.32. The fourth-order valence-electron chi connectivity index (χ4n) is 3.88. The Labute approximate surface area is 152 Å². The van der Waals surface area contributed by atoms with Gasteiger partial charge in [-0.1, -0.05) is 43.7 Å². The molecular weight excluding hydrogens is 337 g/mol. The first-order chi connectivity index (χ1) is 12.2. The summed E-state index contributed by atoms with van der Waals surface area (Å²) in [7, 11) is 0. The van der Waals surface area contributed by atoms with Crippen molar-refractivity contribution >= 4 is 5.71 Å². The van der Waals surface area contributed by atoms with Crippen LogP contribution in [0.2, 0.25) is 0 Å². The van der Waals surface area contributed by atoms with E-state index in [4.69, 9.17) is 0 Å². The van der Waals surface area contributed by atoms with Crippen molar-refractivity contribution in [3.63, 3.8) is 0 Å². The topological polar surface area (TPSA) is 24.4 Å². The maximum atomic E-state index is 12.9. The van der Waals surface area contributed by atoms with Crippen molar-refractivity contribution in [1.29, 1.82) is 0 Å². The quantitative estimate of drug-likeness (QED) is 0.652. The predicted molar refractivity (Wildman–Crippen MR) is 98.8 cm³/mol. The van der Waals surface area contributed by atoms with Crippen LogP contribution in [0, 0.1) is 11.3 Å². The zero-order valence-electron chi connectivity index (χ0n) is 15.4. The maximum absolute atomic E-state index is 12.9. The molecule has 0 radical (unpaired) electrons. The van der Waals surface area contributed by atoms with Crippen LogP contribution in [-0.2, 0) is 6.18 Å². The highest BCUT2D eigenvalue weighted by molar-refractivity contribution is 5.96. The van der Waals surface area contributed by atoms with Crippen LogP contribution in [0.25, 0.3) is 0 Å². The van der Waals surface area contributed by atoms with Crippen LogP contribution in [0.3, 0.4) is 0 Å². The van der Waals surface area contributed by atoms with Gasteiger partial charge in [-0.3, -0.25) is 0 Å². The van der Waals surface area contributed by atoms with Gasteiger partial charge in [0.1, 0.15) is 0 Å². The molecule has 1 N–H and O–H groups in total. The molecule has 0 saturated carbocycles. The van der Waals surface area contributed by atoms with Gasteiger partial charge in [-0.15, -0.1) is 0 Å². The van der Waals surface area contributed by atoms with Crippen molar-refractivity contribution < 1.29 is 13.2 Å². The summed E-state index contributed by atoms with van der Waals surface area (Å²) in [5.74, 6) is 0.367. The van der Waals surface area contributed by atoms with Gasteiger partial charge in [0.2, 0.25) is 0 Å². The molecule has 2 unspecified atom stereocenters. The van der Waals surface area contributed by atoms with Gasteiger partial charge in [0.25, 0.3) is 0 Å². The number of alkyl halides is 3. The normalized spacial score (nSPS) is 25.8. The average molecular weight is 362 g/mol. The number of allylic oxidation sites excluding steroid dienone is 4. The van der Waals surface area contributed by atoms with Gasteiger partial charge < -0.3 is 5.43 Å². The van der Waals surface area contributed by atoms with Gasteiger partial charge in [0.15, 0.2) is 0 Å². The Bertz CT molecular complexity index is 757. The number of hydrazone groups is 1. The molecular formula is C21H25F3N2. The summed E-state index contributed by atoms with van der Waals surface area (Å²) >= 11 is 0. The van der Waals surface area contributed by atoms with E-state index in [-0.39, 0.29) is 11.5 Å². The molecule has 2 nitrogen and oxygen atoms in total. The number of halogens is 3. The SMILES string of the molecule is CC1=CCCC(C)(C)C1/C=C/C1=NNC(c2cccc(C(F)(F)F)c2)C1. The standard InChI is InChI=1S/C21H25F3N2/c1-14-6-5-11-20(2,3)18(14)10-9-17-13-19(26-25-17)15-7-4-8-16(12-15)21(22,23)24/h4,6-10,12,18-19,26H,5,11,13H2,1-3H3/b10-9+. The zero-order valence-corrected chi connectivity index (χ0v) is 15.4. The van der Waals surface area contributed by atoms with E-state index in [1.165, 1.54) is 17.7 Å². The molecule has 0 bridgehead atoms. The molecule has 1 aliphatic carbocycles. The first kappa shape index (κ1) is 18.7. The Morgan fingerprint density at radius 1 is 1.27 bits per heavy atom. The lowest BCUT2D eigenvalue weighted by Crippen LogP contribution is -2.26. The smallest absolute Gasteiger partial charge is 0.302 e. The highest BCUT2D eigenvalue weighted by Gasteiger charge is 2.32. The van der Waals surface area contributed by atoms with Gasteiger partial charge in [-0.25, -0.2) is 0 Å². The summed E-state index contributed by atoms with van der Waals surface area (Å²) in [5.41, 5.74) is 5.43. The lowest BCUT2D eigenvalue weighted by molar-refractivity contribution is -0.137. The molecule has 1 heterocycles. The van der Waals surface area contributed by atoms with Gasteiger partial charge in [-0.05, 0) is 49.0 Å². The van der Waals surface area contributed by atoms with Crippen molar-refractivity contribution in [2.24, 2.45) is 16.4 Å². The molecule has 3 rings (SSSR count). The third kappa shape index (κ3) is 4.02. The summed E-state index contributed by atoms with van der Waals surface area (Å²) in [6.07, 6.45) is 5.04. The number of rotatable bonds is 3. The van der Waals surface area contributed by atoms with E-state index < -0.39 is 11.7 Å².